The molecular weight excluding hydrogens is 631 g/mol. The van der Waals surface area contributed by atoms with Crippen LogP contribution in [0.4, 0.5) is 24.7 Å². The van der Waals surface area contributed by atoms with Crippen LogP contribution in [0.5, 0.6) is 6.01 Å². The Morgan fingerprint density at radius 3 is 2.66 bits per heavy atom. The summed E-state index contributed by atoms with van der Waals surface area (Å²) in [6, 6.07) is 8.51. The Bertz CT molecular complexity index is 1770. The molecule has 3 fully saturated rings. The molecule has 0 radical (unpaired) electrons. The van der Waals surface area contributed by atoms with E-state index in [0.29, 0.717) is 57.0 Å². The van der Waals surface area contributed by atoms with E-state index in [9.17, 15) is 18.0 Å². The van der Waals surface area contributed by atoms with Gasteiger partial charge in [0.2, 0.25) is 6.54 Å². The molecule has 3 aromatic rings. The van der Waals surface area contributed by atoms with Gasteiger partial charge in [0.15, 0.2) is 5.83 Å². The molecule has 0 unspecified atom stereocenters. The SMILES string of the molecule is [C-]#[N+]C[C@H]1CN(c2nc(OCC3(CN4CC(F)C4)CC3)nc3c2CCN(c2cccc4ccc(F)c(Cl)c24)C3)CCN1C(=O)C(=C)F. The van der Waals surface area contributed by atoms with E-state index >= 15 is 0 Å². The molecule has 0 bridgehead atoms. The Balaban J connectivity index is 1.20. The number of fused-ring (bicyclic) bond motifs is 2. The molecule has 1 saturated carbocycles. The third-order valence-electron chi connectivity index (χ3n) is 9.79. The van der Waals surface area contributed by atoms with Crippen LogP contribution in [-0.4, -0.2) is 96.9 Å². The maximum Gasteiger partial charge on any atom is 0.318 e. The van der Waals surface area contributed by atoms with E-state index in [0.717, 1.165) is 41.7 Å². The molecule has 1 aliphatic carbocycles. The lowest BCUT2D eigenvalue weighted by Gasteiger charge is -2.41. The Labute approximate surface area is 276 Å². The second-order valence-corrected chi connectivity index (χ2v) is 13.5. The minimum absolute atomic E-state index is 0.0110. The van der Waals surface area contributed by atoms with Crippen molar-refractivity contribution in [2.75, 3.05) is 68.8 Å². The average molecular weight is 666 g/mol. The van der Waals surface area contributed by atoms with Gasteiger partial charge in [0.05, 0.1) is 23.9 Å². The maximum absolute atomic E-state index is 14.6. The topological polar surface area (TPSA) is 69.4 Å². The van der Waals surface area contributed by atoms with Crippen LogP contribution in [-0.2, 0) is 17.8 Å². The lowest BCUT2D eigenvalue weighted by Crippen LogP contribution is -2.57. The van der Waals surface area contributed by atoms with Crippen LogP contribution >= 0.6 is 11.6 Å². The predicted molar refractivity (Wildman–Crippen MR) is 174 cm³/mol. The highest BCUT2D eigenvalue weighted by Crippen LogP contribution is 2.47. The number of nitrogens with zero attached hydrogens (tertiary/aromatic N) is 7. The molecule has 4 aliphatic rings. The summed E-state index contributed by atoms with van der Waals surface area (Å²) in [7, 11) is 0. The Morgan fingerprint density at radius 1 is 1.13 bits per heavy atom. The number of rotatable bonds is 9. The summed E-state index contributed by atoms with van der Waals surface area (Å²) in [4.78, 5) is 33.5. The van der Waals surface area contributed by atoms with Gasteiger partial charge in [-0.2, -0.15) is 9.97 Å². The molecule has 2 saturated heterocycles. The lowest BCUT2D eigenvalue weighted by atomic mass is 10.0. The molecule has 2 aromatic carbocycles. The molecule has 4 heterocycles. The number of carbonyl (C=O) groups is 1. The highest BCUT2D eigenvalue weighted by atomic mass is 35.5. The number of ether oxygens (including phenoxy) is 1. The van der Waals surface area contributed by atoms with Crippen molar-refractivity contribution in [3.05, 3.63) is 76.3 Å². The molecule has 1 aromatic heterocycles. The molecule has 1 amide bonds. The van der Waals surface area contributed by atoms with Crippen LogP contribution in [0.25, 0.3) is 15.6 Å². The van der Waals surface area contributed by atoms with Crippen molar-refractivity contribution >= 4 is 39.8 Å². The van der Waals surface area contributed by atoms with Crippen LogP contribution in [0, 0.1) is 17.8 Å². The largest absolute Gasteiger partial charge is 0.463 e. The summed E-state index contributed by atoms with van der Waals surface area (Å²) in [5.74, 6) is -1.67. The van der Waals surface area contributed by atoms with Crippen LogP contribution in [0.15, 0.2) is 42.7 Å². The van der Waals surface area contributed by atoms with Gasteiger partial charge < -0.3 is 24.3 Å². The average Bonchev–Trinajstić information content (AvgIpc) is 3.83. The Morgan fingerprint density at radius 2 is 1.94 bits per heavy atom. The zero-order chi connectivity index (χ0) is 32.9. The van der Waals surface area contributed by atoms with Gasteiger partial charge >= 0.3 is 6.01 Å². The van der Waals surface area contributed by atoms with Crippen molar-refractivity contribution in [2.24, 2.45) is 5.41 Å². The first-order chi connectivity index (χ1) is 22.6. The monoisotopic (exact) mass is 665 g/mol. The first-order valence-corrected chi connectivity index (χ1v) is 16.3. The van der Waals surface area contributed by atoms with E-state index < -0.39 is 29.8 Å². The fourth-order valence-electron chi connectivity index (χ4n) is 7.06. The van der Waals surface area contributed by atoms with Crippen LogP contribution in [0.3, 0.4) is 0 Å². The number of amides is 1. The fraction of sp³-hybridized carbons (Fsp3) is 0.471. The van der Waals surface area contributed by atoms with E-state index in [4.69, 9.17) is 32.9 Å². The standard InChI is InChI=1S/C34H35ClF3N7O2/c1-21(36)32(46)45-13-12-44(17-24(45)14-39-2)31-25-8-11-43(28-5-3-4-22-6-7-26(38)30(35)29(22)28)18-27(25)40-33(41-31)47-20-34(9-10-34)19-42-15-23(37)16-42/h3-7,23-24H,1,8-20H2/t24-/m0/s1. The quantitative estimate of drug-likeness (QED) is 0.230. The van der Waals surface area contributed by atoms with Crippen molar-refractivity contribution in [3.63, 3.8) is 0 Å². The molecule has 3 aliphatic heterocycles. The zero-order valence-electron chi connectivity index (χ0n) is 25.9. The number of alkyl halides is 1. The number of hydrogen-bond acceptors (Lipinski definition) is 7. The molecule has 246 valence electrons. The number of aromatic nitrogens is 2. The van der Waals surface area contributed by atoms with Gasteiger partial charge in [-0.3, -0.25) is 9.69 Å². The fourth-order valence-corrected chi connectivity index (χ4v) is 7.33. The van der Waals surface area contributed by atoms with Crippen molar-refractivity contribution in [1.29, 1.82) is 0 Å². The molecule has 7 rings (SSSR count). The number of hydrogen-bond donors (Lipinski definition) is 0. The molecular formula is C34H35ClF3N7O2. The lowest BCUT2D eigenvalue weighted by molar-refractivity contribution is -0.131. The Kier molecular flexibility index (Phi) is 8.39. The van der Waals surface area contributed by atoms with Gasteiger partial charge in [-0.25, -0.2) is 19.7 Å². The number of anilines is 2. The molecule has 13 heteroatoms. The third-order valence-corrected chi connectivity index (χ3v) is 10.2. The van der Waals surface area contributed by atoms with Crippen LogP contribution in [0.1, 0.15) is 24.1 Å². The van der Waals surface area contributed by atoms with E-state index in [2.05, 4.69) is 21.2 Å². The summed E-state index contributed by atoms with van der Waals surface area (Å²) in [6.07, 6.45) is 1.78. The number of benzene rings is 2. The summed E-state index contributed by atoms with van der Waals surface area (Å²) in [6.45, 7) is 14.6. The van der Waals surface area contributed by atoms with E-state index in [1.807, 2.05) is 23.1 Å². The van der Waals surface area contributed by atoms with E-state index in [1.54, 1.807) is 6.07 Å². The van der Waals surface area contributed by atoms with Gasteiger partial charge in [-0.1, -0.05) is 36.4 Å². The summed E-state index contributed by atoms with van der Waals surface area (Å²) in [5, 5.41) is 1.54. The van der Waals surface area contributed by atoms with Gasteiger partial charge in [-0.05, 0) is 36.8 Å². The molecule has 47 heavy (non-hydrogen) atoms. The second-order valence-electron chi connectivity index (χ2n) is 13.1. The van der Waals surface area contributed by atoms with Crippen LogP contribution in [0.2, 0.25) is 5.02 Å². The zero-order valence-corrected chi connectivity index (χ0v) is 26.7. The Hall–Kier alpha value is -4.08. The summed E-state index contributed by atoms with van der Waals surface area (Å²) >= 11 is 6.49. The minimum atomic E-state index is -1.05. The van der Waals surface area contributed by atoms with Crippen molar-refractivity contribution in [3.8, 4) is 6.01 Å². The number of piperazine rings is 1. The normalized spacial score (nSPS) is 20.8. The van der Waals surface area contributed by atoms with E-state index in [-0.39, 0.29) is 36.1 Å². The van der Waals surface area contributed by atoms with Crippen molar-refractivity contribution in [2.45, 2.75) is 38.0 Å². The summed E-state index contributed by atoms with van der Waals surface area (Å²) < 4.78 is 48.2. The number of carbonyl (C=O) groups excluding carboxylic acids is 1. The van der Waals surface area contributed by atoms with Gasteiger partial charge in [0.25, 0.3) is 5.91 Å². The van der Waals surface area contributed by atoms with E-state index in [1.165, 1.54) is 11.0 Å². The molecule has 0 N–H and O–H groups in total. The highest BCUT2D eigenvalue weighted by Gasteiger charge is 2.47. The first kappa shape index (κ1) is 31.5. The second kappa shape index (κ2) is 12.5. The predicted octanol–water partition coefficient (Wildman–Crippen LogP) is 5.22. The molecule has 9 nitrogen and oxygen atoms in total. The van der Waals surface area contributed by atoms with Crippen LogP contribution < -0.4 is 14.5 Å². The molecule has 1 atom stereocenters. The van der Waals surface area contributed by atoms with Gasteiger partial charge in [0, 0.05) is 67.9 Å². The maximum atomic E-state index is 14.6. The van der Waals surface area contributed by atoms with Crippen molar-refractivity contribution < 1.29 is 22.7 Å². The van der Waals surface area contributed by atoms with Gasteiger partial charge in [-0.15, -0.1) is 0 Å². The third kappa shape index (κ3) is 6.19. The smallest absolute Gasteiger partial charge is 0.318 e. The first-order valence-electron chi connectivity index (χ1n) is 15.9. The number of likely N-dealkylation sites (tertiary alicyclic amines) is 1. The summed E-state index contributed by atoms with van der Waals surface area (Å²) in [5.41, 5.74) is 2.43. The number of halogens is 4. The molecule has 0 spiro atoms. The minimum Gasteiger partial charge on any atom is -0.463 e. The van der Waals surface area contributed by atoms with Crippen molar-refractivity contribution in [1.82, 2.24) is 19.8 Å². The van der Waals surface area contributed by atoms with Gasteiger partial charge in [0.1, 0.15) is 23.8 Å². The highest BCUT2D eigenvalue weighted by molar-refractivity contribution is 6.36.